The molecule has 4 rings (SSSR count). The van der Waals surface area contributed by atoms with Gasteiger partial charge in [0, 0.05) is 30.4 Å². The topological polar surface area (TPSA) is 59.3 Å². The molecule has 1 N–H and O–H groups in total. The van der Waals surface area contributed by atoms with E-state index < -0.39 is 0 Å². The molecule has 2 aromatic carbocycles. The number of hydrogen-bond donors (Lipinski definition) is 1. The first-order valence-corrected chi connectivity index (χ1v) is 12.0. The van der Waals surface area contributed by atoms with E-state index in [9.17, 15) is 9.59 Å². The van der Waals surface area contributed by atoms with Crippen LogP contribution in [0, 0.1) is 5.92 Å². The highest BCUT2D eigenvalue weighted by Gasteiger charge is 2.32. The van der Waals surface area contributed by atoms with Crippen molar-refractivity contribution in [2.45, 2.75) is 52.1 Å². The quantitative estimate of drug-likeness (QED) is 0.554. The molecule has 0 radical (unpaired) electrons. The van der Waals surface area contributed by atoms with E-state index >= 15 is 0 Å². The van der Waals surface area contributed by atoms with Crippen molar-refractivity contribution in [3.05, 3.63) is 71.7 Å². The van der Waals surface area contributed by atoms with Crippen LogP contribution >= 0.6 is 0 Å². The number of nitrogens with one attached hydrogen (secondary N) is 1. The summed E-state index contributed by atoms with van der Waals surface area (Å²) in [6.45, 7) is 10.2. The molecule has 1 aromatic heterocycles. The summed E-state index contributed by atoms with van der Waals surface area (Å²) in [4.78, 5) is 28.5. The molecule has 1 aliphatic rings. The molecule has 1 atom stereocenters. The zero-order valence-corrected chi connectivity index (χ0v) is 19.7. The Bertz CT molecular complexity index is 1170. The molecule has 3 aromatic rings. The summed E-state index contributed by atoms with van der Waals surface area (Å²) in [5, 5.41) is 3.44. The number of allylic oxidation sites excluding steroid dienone is 1. The van der Waals surface area contributed by atoms with Gasteiger partial charge in [-0.05, 0) is 69.5 Å². The number of amides is 1. The number of aromatic nitrogens is 2. The largest absolute Gasteiger partial charge is 0.333 e. The van der Waals surface area contributed by atoms with Gasteiger partial charge in [-0.25, -0.2) is 4.79 Å². The van der Waals surface area contributed by atoms with Gasteiger partial charge in [0.1, 0.15) is 0 Å². The minimum atomic E-state index is -0.0687. The van der Waals surface area contributed by atoms with E-state index in [1.165, 1.54) is 0 Å². The third kappa shape index (κ3) is 4.67. The van der Waals surface area contributed by atoms with Crippen LogP contribution in [0.15, 0.2) is 66.0 Å². The number of para-hydroxylation sites is 3. The van der Waals surface area contributed by atoms with E-state index in [0.717, 1.165) is 49.1 Å². The number of imidazole rings is 1. The van der Waals surface area contributed by atoms with Crippen LogP contribution in [0.4, 0.5) is 5.69 Å². The number of carbonyl (C=O) groups is 1. The second-order valence-electron chi connectivity index (χ2n) is 8.89. The molecule has 0 aliphatic carbocycles. The van der Waals surface area contributed by atoms with Crippen LogP contribution in [0.5, 0.6) is 0 Å². The Labute approximate surface area is 195 Å². The van der Waals surface area contributed by atoms with Crippen molar-refractivity contribution in [3.63, 3.8) is 0 Å². The number of rotatable bonds is 8. The Hall–Kier alpha value is -3.12. The fourth-order valence-corrected chi connectivity index (χ4v) is 5.14. The zero-order chi connectivity index (χ0) is 23.4. The Morgan fingerprint density at radius 3 is 2.36 bits per heavy atom. The van der Waals surface area contributed by atoms with E-state index in [1.807, 2.05) is 77.9 Å². The number of aryl methyl sites for hydroxylation is 1. The lowest BCUT2D eigenvalue weighted by Crippen LogP contribution is -2.48. The molecule has 6 nitrogen and oxygen atoms in total. The Balaban J connectivity index is 1.73. The van der Waals surface area contributed by atoms with E-state index in [4.69, 9.17) is 0 Å². The minimum Gasteiger partial charge on any atom is -0.317 e. The van der Waals surface area contributed by atoms with Gasteiger partial charge in [-0.15, -0.1) is 0 Å². The maximum absolute atomic E-state index is 13.3. The summed E-state index contributed by atoms with van der Waals surface area (Å²) in [5.41, 5.74) is 3.35. The molecular formula is C27H34N4O2. The molecule has 33 heavy (non-hydrogen) atoms. The van der Waals surface area contributed by atoms with Gasteiger partial charge in [-0.1, -0.05) is 43.8 Å². The first kappa shape index (κ1) is 23.1. The Morgan fingerprint density at radius 2 is 1.73 bits per heavy atom. The molecule has 1 fully saturated rings. The Morgan fingerprint density at radius 1 is 1.09 bits per heavy atom. The highest BCUT2D eigenvalue weighted by atomic mass is 16.2. The number of nitrogens with zero attached hydrogens (tertiary/aromatic N) is 3. The fourth-order valence-electron chi connectivity index (χ4n) is 5.14. The SMILES string of the molecule is C=C(C)n1c(=O)n(CCC(C2CCNCC2)N(C(=O)CC)c2ccccc2)c2ccccc21. The molecule has 1 aliphatic heterocycles. The lowest BCUT2D eigenvalue weighted by Gasteiger charge is -2.39. The lowest BCUT2D eigenvalue weighted by atomic mass is 9.86. The van der Waals surface area contributed by atoms with Gasteiger partial charge in [-0.3, -0.25) is 13.9 Å². The van der Waals surface area contributed by atoms with Crippen molar-refractivity contribution in [1.82, 2.24) is 14.5 Å². The number of fused-ring (bicyclic) bond motifs is 1. The molecular weight excluding hydrogens is 412 g/mol. The fraction of sp³-hybridized carbons (Fsp3) is 0.407. The van der Waals surface area contributed by atoms with Gasteiger partial charge >= 0.3 is 5.69 Å². The maximum atomic E-state index is 13.3. The smallest absolute Gasteiger partial charge is 0.317 e. The Kier molecular flexibility index (Phi) is 7.14. The van der Waals surface area contributed by atoms with E-state index in [1.54, 1.807) is 4.57 Å². The molecule has 6 heteroatoms. The summed E-state index contributed by atoms with van der Waals surface area (Å²) in [5.74, 6) is 0.508. The van der Waals surface area contributed by atoms with Crippen LogP contribution in [0.25, 0.3) is 16.7 Å². The molecule has 0 bridgehead atoms. The standard InChI is InChI=1S/C27H34N4O2/c1-4-26(32)31(22-10-6-5-7-11-22)23(21-14-17-28-18-15-21)16-19-29-24-12-8-9-13-25(24)30(20(2)3)27(29)33/h5-13,21,23,28H,2,4,14-19H2,1,3H3. The first-order chi connectivity index (χ1) is 16.0. The second-order valence-corrected chi connectivity index (χ2v) is 8.89. The van der Waals surface area contributed by atoms with Crippen molar-refractivity contribution in [2.24, 2.45) is 5.92 Å². The van der Waals surface area contributed by atoms with Crippen LogP contribution in [-0.4, -0.2) is 34.2 Å². The molecule has 1 saturated heterocycles. The predicted molar refractivity (Wildman–Crippen MR) is 135 cm³/mol. The lowest BCUT2D eigenvalue weighted by molar-refractivity contribution is -0.119. The van der Waals surface area contributed by atoms with Crippen molar-refractivity contribution < 1.29 is 4.79 Å². The van der Waals surface area contributed by atoms with Crippen molar-refractivity contribution in [1.29, 1.82) is 0 Å². The van der Waals surface area contributed by atoms with Crippen molar-refractivity contribution in [3.8, 4) is 0 Å². The summed E-state index contributed by atoms with van der Waals surface area (Å²) in [6.07, 6.45) is 3.21. The third-order valence-electron chi connectivity index (χ3n) is 6.73. The van der Waals surface area contributed by atoms with Gasteiger partial charge in [0.15, 0.2) is 0 Å². The van der Waals surface area contributed by atoms with Gasteiger partial charge in [0.25, 0.3) is 0 Å². The normalized spacial score (nSPS) is 15.5. The number of benzene rings is 2. The zero-order valence-electron chi connectivity index (χ0n) is 19.7. The molecule has 174 valence electrons. The van der Waals surface area contributed by atoms with Crippen LogP contribution in [0.3, 0.4) is 0 Å². The highest BCUT2D eigenvalue weighted by Crippen LogP contribution is 2.30. The number of anilines is 1. The third-order valence-corrected chi connectivity index (χ3v) is 6.73. The average molecular weight is 447 g/mol. The predicted octanol–water partition coefficient (Wildman–Crippen LogP) is 4.50. The molecule has 2 heterocycles. The van der Waals surface area contributed by atoms with Gasteiger partial charge in [0.2, 0.25) is 5.91 Å². The number of carbonyl (C=O) groups excluding carboxylic acids is 1. The second kappa shape index (κ2) is 10.2. The first-order valence-electron chi connectivity index (χ1n) is 12.0. The summed E-state index contributed by atoms with van der Waals surface area (Å²) in [6, 6.07) is 17.9. The average Bonchev–Trinajstić information content (AvgIpc) is 3.13. The summed E-state index contributed by atoms with van der Waals surface area (Å²) < 4.78 is 3.53. The number of piperidine rings is 1. The highest BCUT2D eigenvalue weighted by molar-refractivity contribution is 5.93. The molecule has 1 unspecified atom stereocenters. The van der Waals surface area contributed by atoms with Crippen LogP contribution in [0.2, 0.25) is 0 Å². The minimum absolute atomic E-state index is 0.0285. The van der Waals surface area contributed by atoms with Crippen LogP contribution < -0.4 is 15.9 Å². The summed E-state index contributed by atoms with van der Waals surface area (Å²) in [7, 11) is 0. The van der Waals surface area contributed by atoms with E-state index in [2.05, 4.69) is 11.9 Å². The van der Waals surface area contributed by atoms with E-state index in [-0.39, 0.29) is 17.6 Å². The molecule has 0 spiro atoms. The maximum Gasteiger partial charge on any atom is 0.333 e. The van der Waals surface area contributed by atoms with Crippen LogP contribution in [-0.2, 0) is 11.3 Å². The monoisotopic (exact) mass is 446 g/mol. The molecule has 0 saturated carbocycles. The molecule has 1 amide bonds. The van der Waals surface area contributed by atoms with E-state index in [0.29, 0.717) is 24.6 Å². The van der Waals surface area contributed by atoms with Crippen LogP contribution in [0.1, 0.15) is 39.5 Å². The van der Waals surface area contributed by atoms with Gasteiger partial charge in [-0.2, -0.15) is 0 Å². The van der Waals surface area contributed by atoms with Crippen molar-refractivity contribution >= 4 is 28.3 Å². The number of hydrogen-bond acceptors (Lipinski definition) is 3. The summed E-state index contributed by atoms with van der Waals surface area (Å²) >= 11 is 0. The van der Waals surface area contributed by atoms with Gasteiger partial charge in [0.05, 0.1) is 11.0 Å². The van der Waals surface area contributed by atoms with Gasteiger partial charge < -0.3 is 10.2 Å². The van der Waals surface area contributed by atoms with Crippen molar-refractivity contribution in [2.75, 3.05) is 18.0 Å².